The van der Waals surface area contributed by atoms with Crippen LogP contribution in [0.2, 0.25) is 0 Å². The largest absolute Gasteiger partial charge is 0.444 e. The molecule has 2 heterocycles. The maximum absolute atomic E-state index is 13.2. The van der Waals surface area contributed by atoms with Crippen LogP contribution in [0.1, 0.15) is 41.3 Å². The van der Waals surface area contributed by atoms with Crippen molar-refractivity contribution < 1.29 is 14.3 Å². The number of amides is 1. The topological polar surface area (TPSA) is 90.2 Å². The second-order valence-electron chi connectivity index (χ2n) is 6.85. The second-order valence-corrected chi connectivity index (χ2v) is 6.85. The molecule has 1 aliphatic heterocycles. The van der Waals surface area contributed by atoms with Crippen molar-refractivity contribution in [1.82, 2.24) is 25.1 Å². The van der Waals surface area contributed by atoms with Crippen molar-refractivity contribution in [3.05, 3.63) is 72.1 Å². The van der Waals surface area contributed by atoms with Crippen LogP contribution in [0.15, 0.2) is 60.9 Å². The van der Waals surface area contributed by atoms with Crippen LogP contribution in [0.5, 0.6) is 0 Å². The summed E-state index contributed by atoms with van der Waals surface area (Å²) in [7, 11) is 0. The fourth-order valence-electron chi connectivity index (χ4n) is 3.46. The Labute approximate surface area is 168 Å². The third kappa shape index (κ3) is 4.16. The molecule has 0 radical (unpaired) electrons. The smallest absolute Gasteiger partial charge is 0.341 e. The summed E-state index contributed by atoms with van der Waals surface area (Å²) in [4.78, 5) is 28.0. The molecule has 1 aromatic heterocycles. The van der Waals surface area contributed by atoms with Gasteiger partial charge in [-0.25, -0.2) is 4.79 Å². The fraction of sp³-hybridized carbons (Fsp3) is 0.286. The van der Waals surface area contributed by atoms with Gasteiger partial charge in [-0.1, -0.05) is 42.5 Å². The van der Waals surface area contributed by atoms with Crippen molar-refractivity contribution in [2.75, 3.05) is 13.1 Å². The Morgan fingerprint density at radius 1 is 0.931 bits per heavy atom. The first-order valence-electron chi connectivity index (χ1n) is 9.61. The van der Waals surface area contributed by atoms with Crippen LogP contribution in [-0.2, 0) is 9.53 Å². The van der Waals surface area contributed by atoms with Gasteiger partial charge in [-0.15, -0.1) is 5.10 Å². The van der Waals surface area contributed by atoms with Gasteiger partial charge in [0.1, 0.15) is 6.33 Å². The Morgan fingerprint density at radius 3 is 2.38 bits per heavy atom. The number of piperidine rings is 1. The highest BCUT2D eigenvalue weighted by molar-refractivity contribution is 5.95. The van der Waals surface area contributed by atoms with Gasteiger partial charge in [0, 0.05) is 18.7 Å². The molecule has 8 heteroatoms. The number of esters is 1. The van der Waals surface area contributed by atoms with E-state index in [0.717, 1.165) is 19.3 Å². The highest BCUT2D eigenvalue weighted by Crippen LogP contribution is 2.25. The summed E-state index contributed by atoms with van der Waals surface area (Å²) in [5.41, 5.74) is 1.42. The first-order valence-corrected chi connectivity index (χ1v) is 9.61. The van der Waals surface area contributed by atoms with Crippen molar-refractivity contribution in [1.29, 1.82) is 0 Å². The van der Waals surface area contributed by atoms with E-state index in [4.69, 9.17) is 4.74 Å². The van der Waals surface area contributed by atoms with Gasteiger partial charge in [0.25, 0.3) is 5.91 Å². The molecule has 3 aromatic rings. The molecule has 0 aliphatic carbocycles. The first-order chi connectivity index (χ1) is 14.2. The molecular formula is C21H21N5O3. The van der Waals surface area contributed by atoms with Crippen LogP contribution >= 0.6 is 0 Å². The molecule has 29 heavy (non-hydrogen) atoms. The van der Waals surface area contributed by atoms with Crippen molar-refractivity contribution in [3.8, 4) is 5.69 Å². The summed E-state index contributed by atoms with van der Waals surface area (Å²) in [6, 6.07) is 16.0. The van der Waals surface area contributed by atoms with E-state index in [1.54, 1.807) is 41.3 Å². The lowest BCUT2D eigenvalue weighted by atomic mass is 10.1. The molecule has 2 aromatic carbocycles. The monoisotopic (exact) mass is 391 g/mol. The SMILES string of the molecule is O=C(OC(C(=O)N1CCCCC1)c1ccccc1)c1ccccc1-n1cnnn1. The first kappa shape index (κ1) is 18.8. The van der Waals surface area contributed by atoms with Crippen LogP contribution in [0, 0.1) is 0 Å². The number of carbonyl (C=O) groups is 2. The highest BCUT2D eigenvalue weighted by atomic mass is 16.5. The molecule has 1 unspecified atom stereocenters. The molecule has 1 atom stereocenters. The van der Waals surface area contributed by atoms with Gasteiger partial charge in [0.2, 0.25) is 6.10 Å². The number of carbonyl (C=O) groups excluding carboxylic acids is 2. The number of hydrogen-bond acceptors (Lipinski definition) is 6. The number of benzene rings is 2. The predicted octanol–water partition coefficient (Wildman–Crippen LogP) is 2.57. The van der Waals surface area contributed by atoms with Gasteiger partial charge in [-0.3, -0.25) is 4.79 Å². The zero-order valence-corrected chi connectivity index (χ0v) is 15.8. The summed E-state index contributed by atoms with van der Waals surface area (Å²) in [6.45, 7) is 1.36. The van der Waals surface area contributed by atoms with Crippen molar-refractivity contribution in [2.45, 2.75) is 25.4 Å². The summed E-state index contributed by atoms with van der Waals surface area (Å²) in [6.07, 6.45) is 3.44. The molecule has 1 fully saturated rings. The zero-order chi connectivity index (χ0) is 20.1. The lowest BCUT2D eigenvalue weighted by Gasteiger charge is -2.30. The van der Waals surface area contributed by atoms with Gasteiger partial charge in [-0.2, -0.15) is 4.68 Å². The maximum atomic E-state index is 13.2. The molecule has 4 rings (SSSR count). The van der Waals surface area contributed by atoms with E-state index >= 15 is 0 Å². The van der Waals surface area contributed by atoms with E-state index in [-0.39, 0.29) is 11.5 Å². The molecule has 8 nitrogen and oxygen atoms in total. The zero-order valence-electron chi connectivity index (χ0n) is 15.8. The van der Waals surface area contributed by atoms with E-state index in [0.29, 0.717) is 24.3 Å². The number of likely N-dealkylation sites (tertiary alicyclic amines) is 1. The number of nitrogens with zero attached hydrogens (tertiary/aromatic N) is 5. The van der Waals surface area contributed by atoms with Gasteiger partial charge < -0.3 is 9.64 Å². The standard InChI is InChI=1S/C21H21N5O3/c27-20(25-13-7-2-8-14-25)19(16-9-3-1-4-10-16)29-21(28)17-11-5-6-12-18(17)26-15-22-23-24-26/h1,3-6,9-12,15,19H,2,7-8,13-14H2. The molecule has 0 spiro atoms. The van der Waals surface area contributed by atoms with Gasteiger partial charge in [0.05, 0.1) is 11.3 Å². The van der Waals surface area contributed by atoms with Crippen LogP contribution < -0.4 is 0 Å². The molecule has 1 saturated heterocycles. The van der Waals surface area contributed by atoms with E-state index in [2.05, 4.69) is 15.5 Å². The number of hydrogen-bond donors (Lipinski definition) is 0. The van der Waals surface area contributed by atoms with Crippen molar-refractivity contribution in [2.24, 2.45) is 0 Å². The number of tetrazole rings is 1. The minimum Gasteiger partial charge on any atom is -0.444 e. The Morgan fingerprint density at radius 2 is 1.66 bits per heavy atom. The number of aromatic nitrogens is 4. The Hall–Kier alpha value is -3.55. The molecular weight excluding hydrogens is 370 g/mol. The quantitative estimate of drug-likeness (QED) is 0.621. The lowest BCUT2D eigenvalue weighted by Crippen LogP contribution is -2.40. The Balaban J connectivity index is 1.63. The van der Waals surface area contributed by atoms with E-state index < -0.39 is 12.1 Å². The Kier molecular flexibility index (Phi) is 5.60. The second kappa shape index (κ2) is 8.64. The third-order valence-corrected chi connectivity index (χ3v) is 4.94. The average Bonchev–Trinajstić information content (AvgIpc) is 3.33. The van der Waals surface area contributed by atoms with E-state index in [9.17, 15) is 9.59 Å². The molecule has 0 saturated carbocycles. The number of rotatable bonds is 5. The van der Waals surface area contributed by atoms with Crippen LogP contribution in [0.3, 0.4) is 0 Å². The molecule has 1 amide bonds. The van der Waals surface area contributed by atoms with Crippen molar-refractivity contribution >= 4 is 11.9 Å². The lowest BCUT2D eigenvalue weighted by molar-refractivity contribution is -0.142. The highest BCUT2D eigenvalue weighted by Gasteiger charge is 2.31. The average molecular weight is 391 g/mol. The summed E-state index contributed by atoms with van der Waals surface area (Å²) >= 11 is 0. The van der Waals surface area contributed by atoms with Crippen LogP contribution in [0.25, 0.3) is 5.69 Å². The summed E-state index contributed by atoms with van der Waals surface area (Å²) in [5, 5.41) is 11.1. The molecule has 0 N–H and O–H groups in total. The predicted molar refractivity (Wildman–Crippen MR) is 104 cm³/mol. The van der Waals surface area contributed by atoms with E-state index in [1.165, 1.54) is 11.0 Å². The molecule has 0 bridgehead atoms. The molecule has 1 aliphatic rings. The minimum absolute atomic E-state index is 0.191. The number of ether oxygens (including phenoxy) is 1. The van der Waals surface area contributed by atoms with Gasteiger partial charge >= 0.3 is 5.97 Å². The Bertz CT molecular complexity index is 969. The fourth-order valence-corrected chi connectivity index (χ4v) is 3.46. The normalized spacial score (nSPS) is 15.0. The van der Waals surface area contributed by atoms with Gasteiger partial charge in [-0.05, 0) is 41.8 Å². The van der Waals surface area contributed by atoms with Crippen LogP contribution in [-0.4, -0.2) is 50.1 Å². The minimum atomic E-state index is -0.997. The number of para-hydroxylation sites is 1. The van der Waals surface area contributed by atoms with Crippen molar-refractivity contribution in [3.63, 3.8) is 0 Å². The van der Waals surface area contributed by atoms with Crippen LogP contribution in [0.4, 0.5) is 0 Å². The van der Waals surface area contributed by atoms with E-state index in [1.807, 2.05) is 18.2 Å². The molecule has 148 valence electrons. The summed E-state index contributed by atoms with van der Waals surface area (Å²) in [5.74, 6) is -0.792. The maximum Gasteiger partial charge on any atom is 0.341 e. The third-order valence-electron chi connectivity index (χ3n) is 4.94. The summed E-state index contributed by atoms with van der Waals surface area (Å²) < 4.78 is 7.15. The van der Waals surface area contributed by atoms with Gasteiger partial charge in [0.15, 0.2) is 0 Å².